The fourth-order valence-electron chi connectivity index (χ4n) is 4.47. The van der Waals surface area contributed by atoms with Crippen molar-refractivity contribution in [2.45, 2.75) is 57.7 Å². The second-order valence-corrected chi connectivity index (χ2v) is 8.97. The Morgan fingerprint density at radius 2 is 1.88 bits per heavy atom. The van der Waals surface area contributed by atoms with Crippen LogP contribution in [0.4, 0.5) is 0 Å². The van der Waals surface area contributed by atoms with E-state index < -0.39 is 24.1 Å². The fraction of sp³-hybridized carbons (Fsp3) is 0.379. The maximum atomic E-state index is 12.4. The molecule has 5 nitrogen and oxygen atoms in total. The molecule has 3 rings (SSSR count). The van der Waals surface area contributed by atoms with E-state index in [1.807, 2.05) is 24.3 Å². The Hall–Kier alpha value is -3.20. The van der Waals surface area contributed by atoms with Crippen LogP contribution in [0.25, 0.3) is 11.1 Å². The lowest BCUT2D eigenvalue weighted by Crippen LogP contribution is -2.20. The van der Waals surface area contributed by atoms with Gasteiger partial charge < -0.3 is 15.3 Å². The number of aryl methyl sites for hydroxylation is 1. The van der Waals surface area contributed by atoms with Crippen molar-refractivity contribution in [3.8, 4) is 23.0 Å². The summed E-state index contributed by atoms with van der Waals surface area (Å²) in [4.78, 5) is 22.9. The summed E-state index contributed by atoms with van der Waals surface area (Å²) in [6.45, 7) is 2.05. The zero-order chi connectivity index (χ0) is 24.5. The normalized spacial score (nSPS) is 20.8. The summed E-state index contributed by atoms with van der Waals surface area (Å²) in [5.74, 6) is 4.07. The van der Waals surface area contributed by atoms with Crippen LogP contribution in [0.5, 0.6) is 0 Å². The molecule has 1 aliphatic carbocycles. The number of aliphatic hydroxyl groups is 2. The third kappa shape index (κ3) is 7.41. The first-order chi connectivity index (χ1) is 16.3. The second kappa shape index (κ2) is 12.3. The Kier molecular flexibility index (Phi) is 9.21. The van der Waals surface area contributed by atoms with Gasteiger partial charge in [-0.2, -0.15) is 0 Å². The van der Waals surface area contributed by atoms with Gasteiger partial charge in [0.2, 0.25) is 0 Å². The predicted molar refractivity (Wildman–Crippen MR) is 132 cm³/mol. The van der Waals surface area contributed by atoms with Crippen molar-refractivity contribution >= 4 is 11.8 Å². The van der Waals surface area contributed by atoms with Crippen molar-refractivity contribution in [1.29, 1.82) is 0 Å². The van der Waals surface area contributed by atoms with E-state index in [9.17, 15) is 19.8 Å². The standard InChI is InChI=1S/C29H32O5/c1-20-8-6-10-22(16-20)23-11-7-9-21(17-23)18-24(30)14-15-26-25(27(31)19-28(26)32)12-4-2-3-5-13-29(33)34/h5-11,13,16-17,24-26,28,30,32H,2-4,12,18-19H2,1H3,(H,33,34). The molecule has 2 aromatic rings. The number of allylic oxidation sites excluding steroid dienone is 1. The molecule has 1 saturated carbocycles. The Bertz CT molecular complexity index is 1090. The minimum atomic E-state index is -0.968. The molecule has 4 atom stereocenters. The molecular weight excluding hydrogens is 428 g/mol. The van der Waals surface area contributed by atoms with E-state index in [4.69, 9.17) is 5.11 Å². The van der Waals surface area contributed by atoms with E-state index in [1.54, 1.807) is 6.08 Å². The number of carbonyl (C=O) groups is 2. The highest BCUT2D eigenvalue weighted by atomic mass is 16.4. The second-order valence-electron chi connectivity index (χ2n) is 8.97. The average molecular weight is 461 g/mol. The number of benzene rings is 2. The summed E-state index contributed by atoms with van der Waals surface area (Å²) in [5, 5.41) is 29.5. The Balaban J connectivity index is 1.59. The zero-order valence-corrected chi connectivity index (χ0v) is 19.5. The first-order valence-electron chi connectivity index (χ1n) is 11.8. The van der Waals surface area contributed by atoms with Crippen LogP contribution in [0.1, 0.15) is 43.2 Å². The maximum absolute atomic E-state index is 12.4. The number of hydrogen-bond donors (Lipinski definition) is 3. The lowest BCUT2D eigenvalue weighted by Gasteiger charge is -2.15. The van der Waals surface area contributed by atoms with Gasteiger partial charge in [-0.3, -0.25) is 4.79 Å². The van der Waals surface area contributed by atoms with Crippen molar-refractivity contribution < 1.29 is 24.9 Å². The SMILES string of the molecule is Cc1cccc(-c2cccc(CC(O)C#CC3C(O)CC(=O)C3CCCCC=CC(=O)O)c2)c1. The van der Waals surface area contributed by atoms with Gasteiger partial charge in [0.05, 0.1) is 12.0 Å². The summed E-state index contributed by atoms with van der Waals surface area (Å²) in [6.07, 6.45) is 4.24. The van der Waals surface area contributed by atoms with E-state index in [1.165, 1.54) is 5.56 Å². The molecule has 0 spiro atoms. The van der Waals surface area contributed by atoms with Crippen LogP contribution in [-0.4, -0.2) is 39.3 Å². The zero-order valence-electron chi connectivity index (χ0n) is 19.5. The molecule has 1 aliphatic rings. The largest absolute Gasteiger partial charge is 0.478 e. The van der Waals surface area contributed by atoms with Crippen LogP contribution in [0.3, 0.4) is 0 Å². The third-order valence-electron chi connectivity index (χ3n) is 6.19. The molecule has 0 bridgehead atoms. The summed E-state index contributed by atoms with van der Waals surface area (Å²) in [6, 6.07) is 16.3. The van der Waals surface area contributed by atoms with Gasteiger partial charge in [-0.25, -0.2) is 4.79 Å². The highest BCUT2D eigenvalue weighted by Crippen LogP contribution is 2.33. The highest BCUT2D eigenvalue weighted by Gasteiger charge is 2.40. The molecular formula is C29H32O5. The number of carboxylic acids is 1. The van der Waals surface area contributed by atoms with E-state index in [-0.39, 0.29) is 18.1 Å². The number of hydrogen-bond acceptors (Lipinski definition) is 4. The molecule has 0 amide bonds. The highest BCUT2D eigenvalue weighted by molar-refractivity contribution is 5.85. The molecule has 178 valence electrons. The molecule has 3 N–H and O–H groups in total. The van der Waals surface area contributed by atoms with Crippen LogP contribution in [0.2, 0.25) is 0 Å². The molecule has 0 aromatic heterocycles. The summed E-state index contributed by atoms with van der Waals surface area (Å²) in [5.41, 5.74) is 4.35. The summed E-state index contributed by atoms with van der Waals surface area (Å²) in [7, 11) is 0. The number of aliphatic hydroxyl groups excluding tert-OH is 2. The van der Waals surface area contributed by atoms with Gasteiger partial charge in [-0.05, 0) is 42.9 Å². The minimum Gasteiger partial charge on any atom is -0.478 e. The predicted octanol–water partition coefficient (Wildman–Crippen LogP) is 4.34. The van der Waals surface area contributed by atoms with Crippen LogP contribution in [-0.2, 0) is 16.0 Å². The molecule has 0 heterocycles. The maximum Gasteiger partial charge on any atom is 0.327 e. The molecule has 4 unspecified atom stereocenters. The number of unbranched alkanes of at least 4 members (excludes halogenated alkanes) is 2. The van der Waals surface area contributed by atoms with Crippen molar-refractivity contribution in [2.75, 3.05) is 0 Å². The van der Waals surface area contributed by atoms with Gasteiger partial charge in [0.25, 0.3) is 0 Å². The monoisotopic (exact) mass is 460 g/mol. The molecule has 0 aliphatic heterocycles. The first kappa shape index (κ1) is 25.4. The van der Waals surface area contributed by atoms with Gasteiger partial charge in [0.15, 0.2) is 0 Å². The summed E-state index contributed by atoms with van der Waals surface area (Å²) < 4.78 is 0. The minimum absolute atomic E-state index is 0.00761. The third-order valence-corrected chi connectivity index (χ3v) is 6.19. The van der Waals surface area contributed by atoms with Gasteiger partial charge in [0, 0.05) is 24.8 Å². The van der Waals surface area contributed by atoms with Gasteiger partial charge in [-0.15, -0.1) is 0 Å². The van der Waals surface area contributed by atoms with Gasteiger partial charge in [0.1, 0.15) is 11.9 Å². The van der Waals surface area contributed by atoms with Crippen LogP contribution in [0.15, 0.2) is 60.7 Å². The van der Waals surface area contributed by atoms with Crippen LogP contribution in [0, 0.1) is 30.6 Å². The Morgan fingerprint density at radius 3 is 2.62 bits per heavy atom. The van der Waals surface area contributed by atoms with Crippen molar-refractivity contribution in [3.63, 3.8) is 0 Å². The quantitative estimate of drug-likeness (QED) is 0.294. The molecule has 0 saturated heterocycles. The van der Waals surface area contributed by atoms with Crippen molar-refractivity contribution in [1.82, 2.24) is 0 Å². The number of Topliss-reactive ketones (excluding diaryl/α,β-unsaturated/α-hetero) is 1. The van der Waals surface area contributed by atoms with E-state index in [2.05, 4.69) is 43.0 Å². The van der Waals surface area contributed by atoms with Crippen molar-refractivity contribution in [3.05, 3.63) is 71.8 Å². The Morgan fingerprint density at radius 1 is 1.15 bits per heavy atom. The topological polar surface area (TPSA) is 94.8 Å². The summed E-state index contributed by atoms with van der Waals surface area (Å²) >= 11 is 0. The molecule has 2 aromatic carbocycles. The lowest BCUT2D eigenvalue weighted by molar-refractivity contribution is -0.131. The fourth-order valence-corrected chi connectivity index (χ4v) is 4.47. The van der Waals surface area contributed by atoms with E-state index in [0.717, 1.165) is 35.6 Å². The van der Waals surface area contributed by atoms with E-state index >= 15 is 0 Å². The number of carboxylic acid groups (broad SMARTS) is 1. The number of carbonyl (C=O) groups excluding carboxylic acids is 1. The lowest BCUT2D eigenvalue weighted by atomic mass is 9.89. The number of rotatable bonds is 9. The van der Waals surface area contributed by atoms with Crippen LogP contribution < -0.4 is 0 Å². The van der Waals surface area contributed by atoms with Gasteiger partial charge >= 0.3 is 5.97 Å². The smallest absolute Gasteiger partial charge is 0.327 e. The first-order valence-corrected chi connectivity index (χ1v) is 11.8. The molecule has 5 heteroatoms. The molecule has 1 fully saturated rings. The van der Waals surface area contributed by atoms with Crippen LogP contribution >= 0.6 is 0 Å². The molecule has 0 radical (unpaired) electrons. The van der Waals surface area contributed by atoms with E-state index in [0.29, 0.717) is 19.3 Å². The van der Waals surface area contributed by atoms with Gasteiger partial charge in [-0.1, -0.05) is 78.4 Å². The van der Waals surface area contributed by atoms with Crippen molar-refractivity contribution in [2.24, 2.45) is 11.8 Å². The molecule has 34 heavy (non-hydrogen) atoms. The average Bonchev–Trinajstić information content (AvgIpc) is 3.06. The number of aliphatic carboxylic acids is 1. The number of ketones is 1. The Labute approximate surface area is 201 Å².